The average Bonchev–Trinajstić information content (AvgIpc) is 2.96. The molecule has 0 radical (unpaired) electrons. The van der Waals surface area contributed by atoms with Crippen molar-refractivity contribution in [3.8, 4) is 0 Å². The van der Waals surface area contributed by atoms with E-state index >= 15 is 0 Å². The van der Waals surface area contributed by atoms with E-state index in [0.717, 1.165) is 11.4 Å². The number of urea groups is 1. The second-order valence-electron chi connectivity index (χ2n) is 6.16. The fourth-order valence-corrected chi connectivity index (χ4v) is 4.66. The summed E-state index contributed by atoms with van der Waals surface area (Å²) >= 11 is 0. The van der Waals surface area contributed by atoms with Crippen LogP contribution in [0.3, 0.4) is 0 Å². The quantitative estimate of drug-likeness (QED) is 0.880. The normalized spacial score (nSPS) is 18.5. The van der Waals surface area contributed by atoms with Gasteiger partial charge in [-0.05, 0) is 42.8 Å². The van der Waals surface area contributed by atoms with Crippen LogP contribution in [0.4, 0.5) is 21.9 Å². The standard InChI is InChI=1S/C18H21N3O3S/c1-21(17-11-12-25(23,24)13-17)16-9-7-15(8-10-16)20-18(22)19-14-5-3-2-4-6-14/h2-10,17H,11-13H2,1H3,(H2,19,20,22). The van der Waals surface area contributed by atoms with Gasteiger partial charge in [0.15, 0.2) is 9.84 Å². The first-order valence-corrected chi connectivity index (χ1v) is 9.91. The number of para-hydroxylation sites is 1. The molecule has 6 nitrogen and oxygen atoms in total. The second-order valence-corrected chi connectivity index (χ2v) is 8.39. The van der Waals surface area contributed by atoms with Crippen molar-refractivity contribution >= 4 is 32.9 Å². The summed E-state index contributed by atoms with van der Waals surface area (Å²) in [7, 11) is -1.01. The smallest absolute Gasteiger partial charge is 0.323 e. The van der Waals surface area contributed by atoms with Crippen LogP contribution in [0.15, 0.2) is 54.6 Å². The molecule has 0 spiro atoms. The molecule has 2 N–H and O–H groups in total. The second kappa shape index (κ2) is 7.14. The first kappa shape index (κ1) is 17.3. The molecular formula is C18H21N3O3S. The Morgan fingerprint density at radius 1 is 1.00 bits per heavy atom. The number of rotatable bonds is 4. The summed E-state index contributed by atoms with van der Waals surface area (Å²) in [6.45, 7) is 0. The van der Waals surface area contributed by atoms with Crippen LogP contribution in [0.1, 0.15) is 6.42 Å². The first-order chi connectivity index (χ1) is 11.9. The number of nitrogens with one attached hydrogen (secondary N) is 2. The van der Waals surface area contributed by atoms with Crippen LogP contribution < -0.4 is 15.5 Å². The van der Waals surface area contributed by atoms with Gasteiger partial charge in [0.1, 0.15) is 0 Å². The van der Waals surface area contributed by atoms with Gasteiger partial charge in [0.2, 0.25) is 0 Å². The highest BCUT2D eigenvalue weighted by Gasteiger charge is 2.30. The highest BCUT2D eigenvalue weighted by atomic mass is 32.2. The number of amides is 2. The lowest BCUT2D eigenvalue weighted by molar-refractivity contribution is 0.262. The van der Waals surface area contributed by atoms with E-state index in [-0.39, 0.29) is 23.6 Å². The van der Waals surface area contributed by atoms with Crippen molar-refractivity contribution < 1.29 is 13.2 Å². The molecule has 3 rings (SSSR count). The minimum atomic E-state index is -2.91. The molecular weight excluding hydrogens is 338 g/mol. The van der Waals surface area contributed by atoms with Gasteiger partial charge < -0.3 is 15.5 Å². The molecule has 1 saturated heterocycles. The van der Waals surface area contributed by atoms with Gasteiger partial charge in [0, 0.05) is 30.2 Å². The molecule has 1 aliphatic rings. The van der Waals surface area contributed by atoms with Crippen molar-refractivity contribution in [1.82, 2.24) is 0 Å². The van der Waals surface area contributed by atoms with Gasteiger partial charge in [-0.1, -0.05) is 18.2 Å². The van der Waals surface area contributed by atoms with Crippen LogP contribution in [-0.2, 0) is 9.84 Å². The summed E-state index contributed by atoms with van der Waals surface area (Å²) in [6.07, 6.45) is 0.651. The van der Waals surface area contributed by atoms with E-state index < -0.39 is 9.84 Å². The van der Waals surface area contributed by atoms with E-state index in [2.05, 4.69) is 10.6 Å². The van der Waals surface area contributed by atoms with E-state index in [1.807, 2.05) is 54.4 Å². The molecule has 132 valence electrons. The molecule has 0 bridgehead atoms. The van der Waals surface area contributed by atoms with Crippen LogP contribution in [0.25, 0.3) is 0 Å². The predicted octanol–water partition coefficient (Wildman–Crippen LogP) is 2.95. The highest BCUT2D eigenvalue weighted by molar-refractivity contribution is 7.91. The van der Waals surface area contributed by atoms with Crippen molar-refractivity contribution in [2.45, 2.75) is 12.5 Å². The van der Waals surface area contributed by atoms with Gasteiger partial charge in [-0.2, -0.15) is 0 Å². The van der Waals surface area contributed by atoms with E-state index in [1.165, 1.54) is 0 Å². The van der Waals surface area contributed by atoms with Crippen LogP contribution in [0, 0.1) is 0 Å². The number of sulfone groups is 1. The number of nitrogens with zero attached hydrogens (tertiary/aromatic N) is 1. The molecule has 2 aromatic rings. The molecule has 2 amide bonds. The Labute approximate surface area is 147 Å². The van der Waals surface area contributed by atoms with Gasteiger partial charge in [0.25, 0.3) is 0 Å². The molecule has 25 heavy (non-hydrogen) atoms. The third kappa shape index (κ3) is 4.51. The minimum absolute atomic E-state index is 0.00480. The molecule has 1 unspecified atom stereocenters. The Hall–Kier alpha value is -2.54. The third-order valence-electron chi connectivity index (χ3n) is 4.32. The maximum atomic E-state index is 12.0. The van der Waals surface area contributed by atoms with Gasteiger partial charge >= 0.3 is 6.03 Å². The molecule has 1 heterocycles. The van der Waals surface area contributed by atoms with Crippen LogP contribution >= 0.6 is 0 Å². The van der Waals surface area contributed by atoms with E-state index in [4.69, 9.17) is 0 Å². The Balaban J connectivity index is 1.59. The molecule has 0 saturated carbocycles. The third-order valence-corrected chi connectivity index (χ3v) is 6.07. The first-order valence-electron chi connectivity index (χ1n) is 8.09. The number of hydrogen-bond donors (Lipinski definition) is 2. The van der Waals surface area contributed by atoms with Gasteiger partial charge in [-0.25, -0.2) is 13.2 Å². The Kier molecular flexibility index (Phi) is 4.94. The summed E-state index contributed by atoms with van der Waals surface area (Å²) in [6, 6.07) is 16.3. The fourth-order valence-electron chi connectivity index (χ4n) is 2.89. The lowest BCUT2D eigenvalue weighted by Gasteiger charge is -2.25. The Morgan fingerprint density at radius 2 is 1.60 bits per heavy atom. The number of benzene rings is 2. The van der Waals surface area contributed by atoms with Crippen molar-refractivity contribution in [3.63, 3.8) is 0 Å². The number of anilines is 3. The summed E-state index contributed by atoms with van der Waals surface area (Å²) < 4.78 is 23.2. The van der Waals surface area contributed by atoms with E-state index in [1.54, 1.807) is 12.1 Å². The van der Waals surface area contributed by atoms with Gasteiger partial charge in [-0.3, -0.25) is 0 Å². The Morgan fingerprint density at radius 3 is 2.16 bits per heavy atom. The number of carbonyl (C=O) groups is 1. The summed E-state index contributed by atoms with van der Waals surface area (Å²) in [5, 5.41) is 5.53. The van der Waals surface area contributed by atoms with Crippen molar-refractivity contribution in [2.24, 2.45) is 0 Å². The zero-order valence-corrected chi connectivity index (χ0v) is 14.8. The molecule has 1 fully saturated rings. The van der Waals surface area contributed by atoms with Gasteiger partial charge in [0.05, 0.1) is 11.5 Å². The van der Waals surface area contributed by atoms with Crippen molar-refractivity contribution in [2.75, 3.05) is 34.1 Å². The average molecular weight is 359 g/mol. The number of hydrogen-bond acceptors (Lipinski definition) is 4. The molecule has 2 aromatic carbocycles. The summed E-state index contributed by atoms with van der Waals surface area (Å²) in [5.74, 6) is 0.449. The maximum absolute atomic E-state index is 12.0. The van der Waals surface area contributed by atoms with Crippen LogP contribution in [-0.4, -0.2) is 39.0 Å². The molecule has 0 aromatic heterocycles. The molecule has 7 heteroatoms. The lowest BCUT2D eigenvalue weighted by Crippen LogP contribution is -2.32. The Bertz CT molecular complexity index is 836. The maximum Gasteiger partial charge on any atom is 0.323 e. The van der Waals surface area contributed by atoms with E-state index in [0.29, 0.717) is 12.1 Å². The van der Waals surface area contributed by atoms with Gasteiger partial charge in [-0.15, -0.1) is 0 Å². The zero-order valence-electron chi connectivity index (χ0n) is 14.0. The summed E-state index contributed by atoms with van der Waals surface area (Å²) in [4.78, 5) is 14.0. The lowest BCUT2D eigenvalue weighted by atomic mass is 10.2. The molecule has 1 aliphatic heterocycles. The predicted molar refractivity (Wildman–Crippen MR) is 101 cm³/mol. The highest BCUT2D eigenvalue weighted by Crippen LogP contribution is 2.24. The topological polar surface area (TPSA) is 78.5 Å². The monoisotopic (exact) mass is 359 g/mol. The zero-order chi connectivity index (χ0) is 17.9. The van der Waals surface area contributed by atoms with Crippen LogP contribution in [0.2, 0.25) is 0 Å². The molecule has 0 aliphatic carbocycles. The summed E-state index contributed by atoms with van der Waals surface area (Å²) in [5.41, 5.74) is 2.32. The number of carbonyl (C=O) groups excluding carboxylic acids is 1. The SMILES string of the molecule is CN(c1ccc(NC(=O)Nc2ccccc2)cc1)C1CCS(=O)(=O)C1. The van der Waals surface area contributed by atoms with E-state index in [9.17, 15) is 13.2 Å². The van der Waals surface area contributed by atoms with Crippen molar-refractivity contribution in [3.05, 3.63) is 54.6 Å². The minimum Gasteiger partial charge on any atom is -0.371 e. The van der Waals surface area contributed by atoms with Crippen LogP contribution in [0.5, 0.6) is 0 Å². The molecule has 1 atom stereocenters. The fraction of sp³-hybridized carbons (Fsp3) is 0.278. The van der Waals surface area contributed by atoms with Crippen molar-refractivity contribution in [1.29, 1.82) is 0 Å². The largest absolute Gasteiger partial charge is 0.371 e.